The van der Waals surface area contributed by atoms with Crippen LogP contribution in [0.5, 0.6) is 0 Å². The van der Waals surface area contributed by atoms with E-state index in [1.54, 1.807) is 12.1 Å². The molecule has 1 rings (SSSR count). The molecule has 0 fully saturated rings. The Morgan fingerprint density at radius 3 is 2.71 bits per heavy atom. The van der Waals surface area contributed by atoms with Crippen LogP contribution in [0.25, 0.3) is 0 Å². The predicted octanol–water partition coefficient (Wildman–Crippen LogP) is 1.65. The van der Waals surface area contributed by atoms with Crippen molar-refractivity contribution in [2.75, 3.05) is 7.11 Å². The number of carbonyl (C=O) groups excluding carboxylic acids is 2. The normalized spacial score (nSPS) is 9.47. The van der Waals surface area contributed by atoms with Crippen molar-refractivity contribution >= 4 is 12.3 Å². The molecule has 0 bridgehead atoms. The number of nitrogens with zero attached hydrogens (tertiary/aromatic N) is 1. The third-order valence-corrected chi connectivity index (χ3v) is 2.61. The van der Waals surface area contributed by atoms with E-state index in [2.05, 4.69) is 4.74 Å². The van der Waals surface area contributed by atoms with Gasteiger partial charge in [0.1, 0.15) is 6.07 Å². The van der Waals surface area contributed by atoms with Crippen LogP contribution in [-0.2, 0) is 22.4 Å². The summed E-state index contributed by atoms with van der Waals surface area (Å²) in [7, 11) is 1.30. The molecule has 0 unspecified atom stereocenters. The smallest absolute Gasteiger partial charge is 0.310 e. The Morgan fingerprint density at radius 1 is 1.53 bits per heavy atom. The maximum atomic E-state index is 11.3. The minimum atomic E-state index is -0.417. The van der Waals surface area contributed by atoms with Gasteiger partial charge in [-0.05, 0) is 17.5 Å². The average Bonchev–Trinajstić information content (AvgIpc) is 2.37. The summed E-state index contributed by atoms with van der Waals surface area (Å²) in [5, 5.41) is 9.07. The number of ether oxygens (including phenoxy) is 1. The molecule has 0 aliphatic heterocycles. The molecule has 0 heterocycles. The first kappa shape index (κ1) is 12.9. The number of rotatable bonds is 4. The number of benzene rings is 1. The zero-order valence-corrected chi connectivity index (χ0v) is 9.82. The largest absolute Gasteiger partial charge is 0.469 e. The van der Waals surface area contributed by atoms with E-state index in [1.165, 1.54) is 7.11 Å². The number of esters is 1. The number of aryl methyl sites for hydroxylation is 1. The standard InChI is InChI=1S/C13H13NO3/c1-3-9-4-5-10(8-15)12(7-14)11(9)6-13(16)17-2/h4-5,8H,3,6H2,1-2H3. The molecule has 0 N–H and O–H groups in total. The van der Waals surface area contributed by atoms with E-state index in [-0.39, 0.29) is 12.0 Å². The lowest BCUT2D eigenvalue weighted by atomic mass is 9.93. The molecule has 0 aliphatic rings. The highest BCUT2D eigenvalue weighted by Crippen LogP contribution is 2.19. The number of methoxy groups -OCH3 is 1. The van der Waals surface area contributed by atoms with Gasteiger partial charge in [0, 0.05) is 5.56 Å². The van der Waals surface area contributed by atoms with Crippen LogP contribution in [0.4, 0.5) is 0 Å². The van der Waals surface area contributed by atoms with E-state index >= 15 is 0 Å². The first-order valence-corrected chi connectivity index (χ1v) is 5.24. The summed E-state index contributed by atoms with van der Waals surface area (Å²) in [5.74, 6) is -0.417. The molecule has 1 aromatic carbocycles. The quantitative estimate of drug-likeness (QED) is 0.583. The minimum Gasteiger partial charge on any atom is -0.469 e. The van der Waals surface area contributed by atoms with Gasteiger partial charge in [0.25, 0.3) is 0 Å². The fraction of sp³-hybridized carbons (Fsp3) is 0.308. The fourth-order valence-electron chi connectivity index (χ4n) is 1.69. The topological polar surface area (TPSA) is 67.2 Å². The van der Waals surface area contributed by atoms with Crippen molar-refractivity contribution in [2.45, 2.75) is 19.8 Å². The SMILES string of the molecule is CCc1ccc(C=O)c(C#N)c1CC(=O)OC. The first-order chi connectivity index (χ1) is 8.17. The molecular weight excluding hydrogens is 218 g/mol. The van der Waals surface area contributed by atoms with Crippen molar-refractivity contribution in [1.82, 2.24) is 0 Å². The Hall–Kier alpha value is -2.15. The second-order valence-corrected chi connectivity index (χ2v) is 3.50. The van der Waals surface area contributed by atoms with E-state index in [0.717, 1.165) is 5.56 Å². The summed E-state index contributed by atoms with van der Waals surface area (Å²) in [5.41, 5.74) is 2.05. The highest BCUT2D eigenvalue weighted by molar-refractivity contribution is 5.82. The van der Waals surface area contributed by atoms with Crippen LogP contribution in [0, 0.1) is 11.3 Å². The van der Waals surface area contributed by atoms with Crippen LogP contribution in [0.1, 0.15) is 34.0 Å². The van der Waals surface area contributed by atoms with Crippen molar-refractivity contribution in [2.24, 2.45) is 0 Å². The monoisotopic (exact) mass is 231 g/mol. The molecule has 0 spiro atoms. The van der Waals surface area contributed by atoms with E-state index < -0.39 is 5.97 Å². The molecule has 0 aliphatic carbocycles. The molecule has 4 nitrogen and oxygen atoms in total. The summed E-state index contributed by atoms with van der Waals surface area (Å²) in [4.78, 5) is 22.1. The Labute approximate surface area is 99.8 Å². The lowest BCUT2D eigenvalue weighted by Crippen LogP contribution is -2.10. The summed E-state index contributed by atoms with van der Waals surface area (Å²) in [6.07, 6.45) is 1.34. The third kappa shape index (κ3) is 2.70. The number of carbonyl (C=O) groups is 2. The molecule has 0 atom stereocenters. The number of hydrogen-bond acceptors (Lipinski definition) is 4. The van der Waals surface area contributed by atoms with Crippen molar-refractivity contribution in [3.8, 4) is 6.07 Å². The average molecular weight is 231 g/mol. The highest BCUT2D eigenvalue weighted by atomic mass is 16.5. The lowest BCUT2D eigenvalue weighted by Gasteiger charge is -2.10. The van der Waals surface area contributed by atoms with E-state index in [1.807, 2.05) is 13.0 Å². The maximum Gasteiger partial charge on any atom is 0.310 e. The second kappa shape index (κ2) is 5.80. The fourth-order valence-corrected chi connectivity index (χ4v) is 1.69. The van der Waals surface area contributed by atoms with Crippen LogP contribution in [0.15, 0.2) is 12.1 Å². The second-order valence-electron chi connectivity index (χ2n) is 3.50. The molecule has 0 aromatic heterocycles. The summed E-state index contributed by atoms with van der Waals surface area (Å²) < 4.78 is 4.59. The Bertz CT molecular complexity index is 486. The van der Waals surface area contributed by atoms with Crippen molar-refractivity contribution in [3.05, 3.63) is 34.4 Å². The van der Waals surface area contributed by atoms with Gasteiger partial charge < -0.3 is 4.74 Å². The number of nitriles is 1. The molecule has 88 valence electrons. The van der Waals surface area contributed by atoms with Crippen molar-refractivity contribution in [3.63, 3.8) is 0 Å². The minimum absolute atomic E-state index is 0.0181. The summed E-state index contributed by atoms with van der Waals surface area (Å²) in [6.45, 7) is 1.93. The van der Waals surface area contributed by atoms with Gasteiger partial charge in [0.05, 0.1) is 19.1 Å². The predicted molar refractivity (Wildman–Crippen MR) is 61.6 cm³/mol. The van der Waals surface area contributed by atoms with Gasteiger partial charge in [-0.25, -0.2) is 0 Å². The Kier molecular flexibility index (Phi) is 4.41. The zero-order valence-electron chi connectivity index (χ0n) is 9.82. The van der Waals surface area contributed by atoms with E-state index in [4.69, 9.17) is 5.26 Å². The molecule has 1 aromatic rings. The molecule has 0 saturated heterocycles. The highest BCUT2D eigenvalue weighted by Gasteiger charge is 2.15. The molecule has 0 radical (unpaired) electrons. The molecule has 4 heteroatoms. The van der Waals surface area contributed by atoms with Crippen molar-refractivity contribution in [1.29, 1.82) is 5.26 Å². The van der Waals surface area contributed by atoms with E-state index in [0.29, 0.717) is 23.8 Å². The molecule has 0 amide bonds. The summed E-state index contributed by atoms with van der Waals surface area (Å²) >= 11 is 0. The van der Waals surface area contributed by atoms with Gasteiger partial charge >= 0.3 is 5.97 Å². The maximum absolute atomic E-state index is 11.3. The van der Waals surface area contributed by atoms with Gasteiger partial charge in [0.15, 0.2) is 6.29 Å². The van der Waals surface area contributed by atoms with Crippen LogP contribution in [0.3, 0.4) is 0 Å². The van der Waals surface area contributed by atoms with Gasteiger partial charge in [-0.2, -0.15) is 5.26 Å². The number of aldehydes is 1. The molecular formula is C13H13NO3. The van der Waals surface area contributed by atoms with Gasteiger partial charge in [-0.3, -0.25) is 9.59 Å². The van der Waals surface area contributed by atoms with Crippen molar-refractivity contribution < 1.29 is 14.3 Å². The first-order valence-electron chi connectivity index (χ1n) is 5.24. The van der Waals surface area contributed by atoms with E-state index in [9.17, 15) is 9.59 Å². The van der Waals surface area contributed by atoms with Crippen LogP contribution in [0.2, 0.25) is 0 Å². The lowest BCUT2D eigenvalue weighted by molar-refractivity contribution is -0.139. The summed E-state index contributed by atoms with van der Waals surface area (Å²) in [6, 6.07) is 5.35. The Morgan fingerprint density at radius 2 is 2.24 bits per heavy atom. The zero-order chi connectivity index (χ0) is 12.8. The Balaban J connectivity index is 3.36. The van der Waals surface area contributed by atoms with Gasteiger partial charge in [-0.15, -0.1) is 0 Å². The van der Waals surface area contributed by atoms with Gasteiger partial charge in [-0.1, -0.05) is 19.1 Å². The third-order valence-electron chi connectivity index (χ3n) is 2.61. The van der Waals surface area contributed by atoms with Gasteiger partial charge in [0.2, 0.25) is 0 Å². The van der Waals surface area contributed by atoms with Crippen LogP contribution >= 0.6 is 0 Å². The molecule has 0 saturated carbocycles. The number of hydrogen-bond donors (Lipinski definition) is 0. The van der Waals surface area contributed by atoms with Crippen LogP contribution < -0.4 is 0 Å². The van der Waals surface area contributed by atoms with Crippen LogP contribution in [-0.4, -0.2) is 19.4 Å². The molecule has 17 heavy (non-hydrogen) atoms.